The minimum Gasteiger partial charge on any atom is -0.219 e. The molecule has 0 saturated heterocycles. The van der Waals surface area contributed by atoms with E-state index in [1.54, 1.807) is 12.1 Å². The third-order valence-electron chi connectivity index (χ3n) is 2.18. The van der Waals surface area contributed by atoms with Crippen molar-refractivity contribution >= 4 is 38.1 Å². The summed E-state index contributed by atoms with van der Waals surface area (Å²) in [5.41, 5.74) is 0.536. The second-order valence-corrected chi connectivity index (χ2v) is 5.89. The Kier molecular flexibility index (Phi) is 2.14. The van der Waals surface area contributed by atoms with Gasteiger partial charge in [-0.1, -0.05) is 29.3 Å². The molecule has 1 aliphatic rings. The van der Waals surface area contributed by atoms with Crippen molar-refractivity contribution in [2.75, 3.05) is 0 Å². The van der Waals surface area contributed by atoms with E-state index in [1.165, 1.54) is 13.0 Å². The van der Waals surface area contributed by atoms with Gasteiger partial charge in [0.15, 0.2) is 0 Å². The molecule has 0 unspecified atom stereocenters. The Labute approximate surface area is 92.1 Å². The molecule has 14 heavy (non-hydrogen) atoms. The molecule has 0 atom stereocenters. The van der Waals surface area contributed by atoms with Gasteiger partial charge in [0.1, 0.15) is 0 Å². The zero-order valence-electron chi connectivity index (χ0n) is 7.21. The van der Waals surface area contributed by atoms with Crippen LogP contribution >= 0.6 is 23.2 Å². The van der Waals surface area contributed by atoms with Crippen LogP contribution in [0.5, 0.6) is 0 Å². The summed E-state index contributed by atoms with van der Waals surface area (Å²) in [5.74, 6) is 0. The second kappa shape index (κ2) is 2.99. The predicted octanol–water partition coefficient (Wildman–Crippen LogP) is 3.05. The normalized spacial score (nSPS) is 18.5. The van der Waals surface area contributed by atoms with E-state index < -0.39 is 9.84 Å². The number of rotatable bonds is 0. The maximum Gasteiger partial charge on any atom is 0.204 e. The summed E-state index contributed by atoms with van der Waals surface area (Å²) in [6, 6.07) is 4.66. The highest BCUT2D eigenvalue weighted by molar-refractivity contribution is 7.96. The molecule has 0 saturated carbocycles. The lowest BCUT2D eigenvalue weighted by atomic mass is 10.2. The number of hydrogen-bond donors (Lipinski definition) is 0. The van der Waals surface area contributed by atoms with Crippen molar-refractivity contribution in [3.63, 3.8) is 0 Å². The van der Waals surface area contributed by atoms with E-state index in [4.69, 9.17) is 23.2 Å². The molecule has 0 amide bonds. The molecule has 0 spiro atoms. The first-order valence-corrected chi connectivity index (χ1v) is 6.10. The fourth-order valence-corrected chi connectivity index (χ4v) is 3.55. The van der Waals surface area contributed by atoms with Crippen molar-refractivity contribution in [2.24, 2.45) is 0 Å². The monoisotopic (exact) mass is 248 g/mol. The molecular formula is C9H6Cl2O2S. The number of allylic oxidation sites excluding steroid dienone is 1. The average Bonchev–Trinajstić information content (AvgIpc) is 2.29. The zero-order chi connectivity index (χ0) is 10.5. The minimum atomic E-state index is -3.39. The van der Waals surface area contributed by atoms with Gasteiger partial charge >= 0.3 is 0 Å². The van der Waals surface area contributed by atoms with E-state index in [0.717, 1.165) is 0 Å². The quantitative estimate of drug-likeness (QED) is 0.708. The fourth-order valence-electron chi connectivity index (χ4n) is 1.37. The van der Waals surface area contributed by atoms with Gasteiger partial charge < -0.3 is 0 Å². The Bertz CT molecular complexity index is 544. The summed E-state index contributed by atoms with van der Waals surface area (Å²) in [6.45, 7) is 1.49. The SMILES string of the molecule is CC1=C(Cl)c2ccc(Cl)cc2S1(=O)=O. The van der Waals surface area contributed by atoms with Gasteiger partial charge in [-0.15, -0.1) is 0 Å². The molecule has 2 rings (SSSR count). The standard InChI is InChI=1S/C9H6Cl2O2S/c1-5-9(11)7-3-2-6(10)4-8(7)14(5,12)13/h2-4H,1H3. The van der Waals surface area contributed by atoms with Gasteiger partial charge in [-0.25, -0.2) is 8.42 Å². The molecule has 0 aliphatic carbocycles. The smallest absolute Gasteiger partial charge is 0.204 e. The molecule has 0 fully saturated rings. The summed E-state index contributed by atoms with van der Waals surface area (Å²) in [5, 5.41) is 0.683. The molecule has 1 aromatic rings. The predicted molar refractivity (Wildman–Crippen MR) is 57.1 cm³/mol. The van der Waals surface area contributed by atoms with Gasteiger partial charge in [-0.05, 0) is 19.1 Å². The lowest BCUT2D eigenvalue weighted by molar-refractivity contribution is 0.603. The van der Waals surface area contributed by atoms with Crippen LogP contribution in [0.3, 0.4) is 0 Å². The Morgan fingerprint density at radius 3 is 2.50 bits per heavy atom. The van der Waals surface area contributed by atoms with Crippen LogP contribution in [0.4, 0.5) is 0 Å². The summed E-state index contributed by atoms with van der Waals surface area (Å²) < 4.78 is 23.5. The van der Waals surface area contributed by atoms with Crippen LogP contribution in [-0.4, -0.2) is 8.42 Å². The van der Waals surface area contributed by atoms with E-state index in [9.17, 15) is 8.42 Å². The van der Waals surface area contributed by atoms with Gasteiger partial charge in [0.25, 0.3) is 0 Å². The van der Waals surface area contributed by atoms with Crippen molar-refractivity contribution in [1.82, 2.24) is 0 Å². The fraction of sp³-hybridized carbons (Fsp3) is 0.111. The molecule has 74 valence electrons. The summed E-state index contributed by atoms with van der Waals surface area (Å²) in [4.78, 5) is 0.393. The number of sulfone groups is 1. The maximum atomic E-state index is 11.7. The number of benzene rings is 1. The van der Waals surface area contributed by atoms with Crippen LogP contribution < -0.4 is 0 Å². The highest BCUT2D eigenvalue weighted by atomic mass is 35.5. The van der Waals surface area contributed by atoms with Crippen LogP contribution in [0.1, 0.15) is 12.5 Å². The average molecular weight is 249 g/mol. The molecule has 2 nitrogen and oxygen atoms in total. The zero-order valence-corrected chi connectivity index (χ0v) is 9.54. The number of fused-ring (bicyclic) bond motifs is 1. The topological polar surface area (TPSA) is 34.1 Å². The van der Waals surface area contributed by atoms with E-state index in [2.05, 4.69) is 0 Å². The van der Waals surface area contributed by atoms with Crippen LogP contribution in [0.2, 0.25) is 5.02 Å². The first-order chi connectivity index (χ1) is 6.44. The molecule has 1 heterocycles. The first kappa shape index (κ1) is 10.0. The molecule has 0 radical (unpaired) electrons. The summed E-state index contributed by atoms with van der Waals surface area (Å²) in [7, 11) is -3.39. The second-order valence-electron chi connectivity index (χ2n) is 3.01. The molecule has 0 aromatic heterocycles. The van der Waals surface area contributed by atoms with Crippen LogP contribution in [0.25, 0.3) is 5.03 Å². The van der Waals surface area contributed by atoms with Crippen LogP contribution in [0.15, 0.2) is 28.0 Å². The highest BCUT2D eigenvalue weighted by Gasteiger charge is 2.31. The van der Waals surface area contributed by atoms with Gasteiger partial charge in [0.2, 0.25) is 9.84 Å². The molecule has 0 N–H and O–H groups in total. The van der Waals surface area contributed by atoms with Gasteiger partial charge in [0, 0.05) is 10.6 Å². The molecular weight excluding hydrogens is 243 g/mol. The Morgan fingerprint density at radius 2 is 1.86 bits per heavy atom. The van der Waals surface area contributed by atoms with Crippen molar-refractivity contribution in [3.8, 4) is 0 Å². The van der Waals surface area contributed by atoms with E-state index >= 15 is 0 Å². The molecule has 1 aromatic carbocycles. The Hall–Kier alpha value is -0.510. The van der Waals surface area contributed by atoms with Crippen molar-refractivity contribution in [2.45, 2.75) is 11.8 Å². The van der Waals surface area contributed by atoms with Crippen LogP contribution in [-0.2, 0) is 9.84 Å². The maximum absolute atomic E-state index is 11.7. The number of halogens is 2. The third-order valence-corrected chi connectivity index (χ3v) is 4.94. The van der Waals surface area contributed by atoms with Crippen molar-refractivity contribution in [1.29, 1.82) is 0 Å². The van der Waals surface area contributed by atoms with Crippen LogP contribution in [0, 0.1) is 0 Å². The highest BCUT2D eigenvalue weighted by Crippen LogP contribution is 2.41. The van der Waals surface area contributed by atoms with Crippen molar-refractivity contribution in [3.05, 3.63) is 33.7 Å². The lowest BCUT2D eigenvalue weighted by Crippen LogP contribution is -1.97. The summed E-state index contributed by atoms with van der Waals surface area (Å²) in [6.07, 6.45) is 0. The van der Waals surface area contributed by atoms with Gasteiger partial charge in [0.05, 0.1) is 14.8 Å². The lowest BCUT2D eigenvalue weighted by Gasteiger charge is -1.99. The summed E-state index contributed by atoms with van der Waals surface area (Å²) >= 11 is 11.6. The van der Waals surface area contributed by atoms with Gasteiger partial charge in [-0.2, -0.15) is 0 Å². The Balaban J connectivity index is 2.87. The molecule has 1 aliphatic heterocycles. The Morgan fingerprint density at radius 1 is 1.21 bits per heavy atom. The van der Waals surface area contributed by atoms with Crippen molar-refractivity contribution < 1.29 is 8.42 Å². The van der Waals surface area contributed by atoms with E-state index in [0.29, 0.717) is 10.6 Å². The third kappa shape index (κ3) is 1.20. The van der Waals surface area contributed by atoms with Gasteiger partial charge in [-0.3, -0.25) is 0 Å². The minimum absolute atomic E-state index is 0.191. The molecule has 5 heteroatoms. The molecule has 0 bridgehead atoms. The van der Waals surface area contributed by atoms with E-state index in [1.807, 2.05) is 0 Å². The van der Waals surface area contributed by atoms with E-state index in [-0.39, 0.29) is 14.8 Å². The number of hydrogen-bond acceptors (Lipinski definition) is 2. The first-order valence-electron chi connectivity index (χ1n) is 3.86. The largest absolute Gasteiger partial charge is 0.219 e.